The first-order valence-corrected chi connectivity index (χ1v) is 8.69. The number of thioether (sulfide) groups is 1. The van der Waals surface area contributed by atoms with E-state index in [0.717, 1.165) is 11.1 Å². The second kappa shape index (κ2) is 6.41. The number of rotatable bonds is 4. The van der Waals surface area contributed by atoms with Gasteiger partial charge in [-0.1, -0.05) is 43.0 Å². The Bertz CT molecular complexity index is 703. The van der Waals surface area contributed by atoms with Crippen LogP contribution in [0.4, 0.5) is 0 Å². The van der Waals surface area contributed by atoms with E-state index >= 15 is 0 Å². The summed E-state index contributed by atoms with van der Waals surface area (Å²) >= 11 is 5.40. The molecule has 1 aromatic carbocycles. The summed E-state index contributed by atoms with van der Waals surface area (Å²) in [4.78, 5) is 37.5. The Kier molecular flexibility index (Phi) is 4.50. The second-order valence-electron chi connectivity index (χ2n) is 5.55. The molecule has 0 aromatic heterocycles. The average molecular weight is 348 g/mol. The number of carbonyl (C=O) groups is 3. The topological polar surface area (TPSA) is 66.5 Å². The fraction of sp³-hybridized carbons (Fsp3) is 0.312. The zero-order valence-corrected chi connectivity index (χ0v) is 14.2. The summed E-state index contributed by atoms with van der Waals surface area (Å²) in [6, 6.07) is 8.79. The number of thiol groups is 1. The molecule has 0 saturated carbocycles. The standard InChI is InChI=1S/C16H16N2O3S2/c1-9-8-23-15-12(14(20)18(15)13(9)16(21)22)17-11(19)7-10-5-3-2-4-6-10/h2-6,12,15H,7-8H2,1H3,(H,17,19)(H,21,22)/t12?,15-/m1/s1. The molecule has 1 fully saturated rings. The van der Waals surface area contributed by atoms with Crippen LogP contribution in [0.15, 0.2) is 41.6 Å². The number of hydrogen-bond acceptors (Lipinski definition) is 4. The molecule has 7 heteroatoms. The van der Waals surface area contributed by atoms with Gasteiger partial charge < -0.3 is 5.32 Å². The Balaban J connectivity index is 1.67. The fourth-order valence-corrected chi connectivity index (χ4v) is 4.37. The normalized spacial score (nSPS) is 23.2. The highest BCUT2D eigenvalue weighted by Crippen LogP contribution is 2.40. The molecule has 0 bridgehead atoms. The third kappa shape index (κ3) is 3.03. The highest BCUT2D eigenvalue weighted by atomic mass is 32.2. The van der Waals surface area contributed by atoms with Gasteiger partial charge in [0.1, 0.15) is 11.4 Å². The summed E-state index contributed by atoms with van der Waals surface area (Å²) in [5.41, 5.74) is 2.09. The number of hydrogen-bond donors (Lipinski definition) is 2. The maximum atomic E-state index is 12.3. The minimum Gasteiger partial charge on any atom is -0.341 e. The molecule has 5 nitrogen and oxygen atoms in total. The number of carbonyl (C=O) groups excluding carboxylic acids is 3. The number of nitrogens with zero attached hydrogens (tertiary/aromatic N) is 1. The van der Waals surface area contributed by atoms with Gasteiger partial charge in [-0.15, -0.1) is 11.8 Å². The Morgan fingerprint density at radius 1 is 1.35 bits per heavy atom. The van der Waals surface area contributed by atoms with Crippen molar-refractivity contribution in [1.82, 2.24) is 10.2 Å². The van der Waals surface area contributed by atoms with Gasteiger partial charge in [0.2, 0.25) is 11.0 Å². The molecule has 2 atom stereocenters. The monoisotopic (exact) mass is 348 g/mol. The lowest BCUT2D eigenvalue weighted by Crippen LogP contribution is -2.70. The van der Waals surface area contributed by atoms with Crippen molar-refractivity contribution in [3.63, 3.8) is 0 Å². The van der Waals surface area contributed by atoms with Gasteiger partial charge in [0, 0.05) is 5.75 Å². The molecule has 1 aromatic rings. The molecule has 1 unspecified atom stereocenters. The largest absolute Gasteiger partial charge is 0.341 e. The van der Waals surface area contributed by atoms with E-state index in [2.05, 4.69) is 17.9 Å². The first-order valence-electron chi connectivity index (χ1n) is 7.20. The highest BCUT2D eigenvalue weighted by molar-refractivity contribution is 8.00. The predicted molar refractivity (Wildman–Crippen MR) is 91.9 cm³/mol. The van der Waals surface area contributed by atoms with Crippen LogP contribution in [0, 0.1) is 0 Å². The SMILES string of the molecule is CC1=C(C(=O)S)N2C(=O)C(NC(=O)Cc3ccccc3)[C@H]2SC1. The van der Waals surface area contributed by atoms with Gasteiger partial charge in [-0.05, 0) is 18.1 Å². The van der Waals surface area contributed by atoms with Crippen molar-refractivity contribution in [2.45, 2.75) is 24.8 Å². The highest BCUT2D eigenvalue weighted by Gasteiger charge is 2.53. The molecular formula is C16H16N2O3S2. The van der Waals surface area contributed by atoms with E-state index in [-0.39, 0.29) is 23.6 Å². The molecule has 120 valence electrons. The Morgan fingerprint density at radius 2 is 2.04 bits per heavy atom. The third-order valence-electron chi connectivity index (χ3n) is 3.89. The number of β-lactam (4-membered cyclic amide) rings is 1. The molecule has 2 amide bonds. The van der Waals surface area contributed by atoms with E-state index in [1.165, 1.54) is 4.90 Å². The van der Waals surface area contributed by atoms with Gasteiger partial charge in [0.15, 0.2) is 0 Å². The van der Waals surface area contributed by atoms with Gasteiger partial charge in [-0.3, -0.25) is 19.3 Å². The van der Waals surface area contributed by atoms with Crippen LogP contribution in [0.5, 0.6) is 0 Å². The molecule has 2 aliphatic heterocycles. The molecular weight excluding hydrogens is 332 g/mol. The molecule has 2 aliphatic rings. The smallest absolute Gasteiger partial charge is 0.253 e. The first kappa shape index (κ1) is 16.1. The molecule has 0 spiro atoms. The van der Waals surface area contributed by atoms with Gasteiger partial charge in [-0.25, -0.2) is 0 Å². The van der Waals surface area contributed by atoms with Crippen LogP contribution in [0.3, 0.4) is 0 Å². The Hall–Kier alpha value is -1.73. The summed E-state index contributed by atoms with van der Waals surface area (Å²) in [6.45, 7) is 1.82. The molecule has 0 radical (unpaired) electrons. The minimum absolute atomic E-state index is 0.195. The van der Waals surface area contributed by atoms with Crippen LogP contribution < -0.4 is 5.32 Å². The summed E-state index contributed by atoms with van der Waals surface area (Å²) in [7, 11) is 0. The minimum atomic E-state index is -0.577. The van der Waals surface area contributed by atoms with Crippen molar-refractivity contribution in [3.8, 4) is 0 Å². The van der Waals surface area contributed by atoms with E-state index in [1.807, 2.05) is 37.3 Å². The van der Waals surface area contributed by atoms with Crippen molar-refractivity contribution in [3.05, 3.63) is 47.2 Å². The van der Waals surface area contributed by atoms with E-state index in [4.69, 9.17) is 0 Å². The third-order valence-corrected chi connectivity index (χ3v) is 5.52. The summed E-state index contributed by atoms with van der Waals surface area (Å²) in [5, 5.41) is 2.15. The lowest BCUT2D eigenvalue weighted by molar-refractivity contribution is -0.146. The van der Waals surface area contributed by atoms with Crippen molar-refractivity contribution < 1.29 is 14.4 Å². The van der Waals surface area contributed by atoms with E-state index in [1.54, 1.807) is 11.8 Å². The van der Waals surface area contributed by atoms with Crippen LogP contribution >= 0.6 is 24.4 Å². The number of amides is 2. The molecule has 23 heavy (non-hydrogen) atoms. The average Bonchev–Trinajstić information content (AvgIpc) is 2.53. The van der Waals surface area contributed by atoms with Gasteiger partial charge in [0.25, 0.3) is 5.91 Å². The fourth-order valence-electron chi connectivity index (χ4n) is 2.78. The van der Waals surface area contributed by atoms with Crippen molar-refractivity contribution in [2.24, 2.45) is 0 Å². The molecule has 0 aliphatic carbocycles. The van der Waals surface area contributed by atoms with Crippen molar-refractivity contribution >= 4 is 41.3 Å². The molecule has 1 saturated heterocycles. The first-order chi connectivity index (χ1) is 11.0. The van der Waals surface area contributed by atoms with Crippen LogP contribution in [-0.4, -0.2) is 39.0 Å². The predicted octanol–water partition coefficient (Wildman–Crippen LogP) is 1.36. The summed E-state index contributed by atoms with van der Waals surface area (Å²) in [6.07, 6.45) is 0.231. The number of fused-ring (bicyclic) bond motifs is 1. The maximum Gasteiger partial charge on any atom is 0.253 e. The van der Waals surface area contributed by atoms with E-state index < -0.39 is 11.2 Å². The second-order valence-corrected chi connectivity index (χ2v) is 7.06. The lowest BCUT2D eigenvalue weighted by atomic mass is 10.0. The van der Waals surface area contributed by atoms with E-state index in [0.29, 0.717) is 11.4 Å². The maximum absolute atomic E-state index is 12.3. The van der Waals surface area contributed by atoms with Crippen LogP contribution in [0.25, 0.3) is 0 Å². The van der Waals surface area contributed by atoms with Gasteiger partial charge in [-0.2, -0.15) is 0 Å². The molecule has 2 heterocycles. The van der Waals surface area contributed by atoms with E-state index in [9.17, 15) is 14.4 Å². The number of nitrogens with one attached hydrogen (secondary N) is 1. The zero-order chi connectivity index (χ0) is 16.6. The van der Waals surface area contributed by atoms with Gasteiger partial charge in [0.05, 0.1) is 12.1 Å². The van der Waals surface area contributed by atoms with Crippen LogP contribution in [-0.2, 0) is 20.8 Å². The summed E-state index contributed by atoms with van der Waals surface area (Å²) < 4.78 is 0. The Labute approximate surface area is 143 Å². The lowest BCUT2D eigenvalue weighted by Gasteiger charge is -2.49. The molecule has 1 N–H and O–H groups in total. The van der Waals surface area contributed by atoms with Crippen molar-refractivity contribution in [1.29, 1.82) is 0 Å². The van der Waals surface area contributed by atoms with Crippen LogP contribution in [0.2, 0.25) is 0 Å². The van der Waals surface area contributed by atoms with Gasteiger partial charge >= 0.3 is 0 Å². The Morgan fingerprint density at radius 3 is 2.70 bits per heavy atom. The molecule has 3 rings (SSSR count). The number of benzene rings is 1. The van der Waals surface area contributed by atoms with Crippen molar-refractivity contribution in [2.75, 3.05) is 5.75 Å². The summed E-state index contributed by atoms with van der Waals surface area (Å²) in [5.74, 6) is 0.210. The van der Waals surface area contributed by atoms with Crippen LogP contribution in [0.1, 0.15) is 12.5 Å². The quantitative estimate of drug-likeness (QED) is 0.637. The zero-order valence-electron chi connectivity index (χ0n) is 12.5.